The van der Waals surface area contributed by atoms with E-state index in [-0.39, 0.29) is 12.2 Å². The zero-order chi connectivity index (χ0) is 11.3. The molecule has 0 spiro atoms. The topological polar surface area (TPSA) is 60.3 Å². The van der Waals surface area contributed by atoms with Gasteiger partial charge in [0, 0.05) is 12.6 Å². The molecule has 1 aliphatic rings. The molecule has 0 aromatic rings. The van der Waals surface area contributed by atoms with Crippen LogP contribution in [0.2, 0.25) is 0 Å². The molecular formula is C10H19NO4. The first-order chi connectivity index (χ1) is 6.99. The van der Waals surface area contributed by atoms with E-state index in [4.69, 9.17) is 19.4 Å². The van der Waals surface area contributed by atoms with E-state index in [2.05, 4.69) is 5.16 Å². The van der Waals surface area contributed by atoms with E-state index in [1.807, 2.05) is 13.8 Å². The lowest BCUT2D eigenvalue weighted by atomic mass is 10.3. The summed E-state index contributed by atoms with van der Waals surface area (Å²) in [7, 11) is 0. The van der Waals surface area contributed by atoms with Crippen molar-refractivity contribution in [2.24, 2.45) is 5.16 Å². The molecule has 1 heterocycles. The van der Waals surface area contributed by atoms with E-state index in [1.54, 1.807) is 13.1 Å². The summed E-state index contributed by atoms with van der Waals surface area (Å²) in [6, 6.07) is 0. The highest BCUT2D eigenvalue weighted by molar-refractivity contribution is 5.56. The van der Waals surface area contributed by atoms with Gasteiger partial charge in [0.15, 0.2) is 5.79 Å². The molecule has 15 heavy (non-hydrogen) atoms. The van der Waals surface area contributed by atoms with Gasteiger partial charge in [-0.1, -0.05) is 5.16 Å². The minimum absolute atomic E-state index is 0.0660. The Morgan fingerprint density at radius 3 is 2.93 bits per heavy atom. The molecule has 1 rings (SSSR count). The Balaban J connectivity index is 2.09. The molecule has 2 unspecified atom stereocenters. The van der Waals surface area contributed by atoms with E-state index >= 15 is 0 Å². The summed E-state index contributed by atoms with van der Waals surface area (Å²) in [6.07, 6.45) is 1.59. The van der Waals surface area contributed by atoms with Crippen molar-refractivity contribution < 1.29 is 19.4 Å². The lowest BCUT2D eigenvalue weighted by Gasteiger charge is -2.16. The number of aliphatic hydroxyl groups excluding tert-OH is 1. The lowest BCUT2D eigenvalue weighted by molar-refractivity contribution is -0.144. The number of ether oxygens (including phenoxy) is 2. The quantitative estimate of drug-likeness (QED) is 0.549. The molecule has 0 aromatic heterocycles. The summed E-state index contributed by atoms with van der Waals surface area (Å²) in [5.41, 5.74) is 0. The zero-order valence-corrected chi connectivity index (χ0v) is 9.47. The number of oxime groups is 1. The highest BCUT2D eigenvalue weighted by Gasteiger charge is 2.32. The molecular weight excluding hydrogens is 198 g/mol. The van der Waals surface area contributed by atoms with Gasteiger partial charge in [-0.05, 0) is 20.8 Å². The van der Waals surface area contributed by atoms with E-state index in [1.165, 1.54) is 0 Å². The van der Waals surface area contributed by atoms with Crippen molar-refractivity contribution in [3.8, 4) is 0 Å². The average Bonchev–Trinajstić information content (AvgIpc) is 2.44. The normalized spacial score (nSPS) is 27.1. The third-order valence-electron chi connectivity index (χ3n) is 1.92. The molecule has 0 amide bonds. The maximum Gasteiger partial charge on any atom is 0.163 e. The highest BCUT2D eigenvalue weighted by Crippen LogP contribution is 2.22. The molecule has 0 saturated carbocycles. The summed E-state index contributed by atoms with van der Waals surface area (Å²) in [5, 5.41) is 12.6. The van der Waals surface area contributed by atoms with Gasteiger partial charge in [-0.15, -0.1) is 0 Å². The first-order valence-electron chi connectivity index (χ1n) is 5.13. The molecule has 1 N–H and O–H groups in total. The van der Waals surface area contributed by atoms with Crippen molar-refractivity contribution in [2.75, 3.05) is 13.2 Å². The molecule has 0 bridgehead atoms. The molecule has 88 valence electrons. The predicted octanol–water partition coefficient (Wildman–Crippen LogP) is 0.911. The van der Waals surface area contributed by atoms with Crippen LogP contribution < -0.4 is 0 Å². The molecule has 1 saturated heterocycles. The highest BCUT2D eigenvalue weighted by atomic mass is 16.8. The summed E-state index contributed by atoms with van der Waals surface area (Å²) in [5.74, 6) is -0.517. The first-order valence-corrected chi connectivity index (χ1v) is 5.13. The third kappa shape index (κ3) is 5.11. The van der Waals surface area contributed by atoms with Crippen molar-refractivity contribution in [1.29, 1.82) is 0 Å². The fourth-order valence-corrected chi connectivity index (χ4v) is 1.22. The number of hydrogen-bond acceptors (Lipinski definition) is 5. The second-order valence-corrected chi connectivity index (χ2v) is 4.12. The Bertz CT molecular complexity index is 215. The lowest BCUT2D eigenvalue weighted by Crippen LogP contribution is -2.23. The van der Waals surface area contributed by atoms with Gasteiger partial charge in [0.2, 0.25) is 0 Å². The van der Waals surface area contributed by atoms with Gasteiger partial charge in [0.05, 0.1) is 12.7 Å². The van der Waals surface area contributed by atoms with E-state index < -0.39 is 5.79 Å². The number of nitrogens with zero attached hydrogens (tertiary/aromatic N) is 1. The molecule has 0 radical (unpaired) electrons. The second-order valence-electron chi connectivity index (χ2n) is 4.12. The SMILES string of the molecule is CC(O)C/C=N/OCC1COC(C)(C)O1. The average molecular weight is 217 g/mol. The summed E-state index contributed by atoms with van der Waals surface area (Å²) in [4.78, 5) is 5.01. The summed E-state index contributed by atoms with van der Waals surface area (Å²) in [6.45, 7) is 6.33. The largest absolute Gasteiger partial charge is 0.393 e. The van der Waals surface area contributed by atoms with Crippen molar-refractivity contribution in [3.63, 3.8) is 0 Å². The van der Waals surface area contributed by atoms with Crippen LogP contribution in [0.3, 0.4) is 0 Å². The fourth-order valence-electron chi connectivity index (χ4n) is 1.22. The van der Waals surface area contributed by atoms with Gasteiger partial charge in [0.25, 0.3) is 0 Å². The van der Waals surface area contributed by atoms with Gasteiger partial charge in [-0.3, -0.25) is 0 Å². The molecule has 5 nitrogen and oxygen atoms in total. The van der Waals surface area contributed by atoms with Gasteiger partial charge in [-0.2, -0.15) is 0 Å². The molecule has 2 atom stereocenters. The van der Waals surface area contributed by atoms with E-state index in [9.17, 15) is 0 Å². The Labute approximate surface area is 90.0 Å². The number of rotatable bonds is 5. The maximum atomic E-state index is 8.94. The van der Waals surface area contributed by atoms with Gasteiger partial charge in [-0.25, -0.2) is 0 Å². The molecule has 5 heteroatoms. The van der Waals surface area contributed by atoms with Crippen LogP contribution >= 0.6 is 0 Å². The van der Waals surface area contributed by atoms with Crippen LogP contribution in [0.4, 0.5) is 0 Å². The van der Waals surface area contributed by atoms with Crippen LogP contribution in [0.15, 0.2) is 5.16 Å². The van der Waals surface area contributed by atoms with E-state index in [0.29, 0.717) is 19.6 Å². The fraction of sp³-hybridized carbons (Fsp3) is 0.900. The Kier molecular flexibility index (Phi) is 4.50. The molecule has 1 aliphatic heterocycles. The number of hydrogen-bond donors (Lipinski definition) is 1. The Morgan fingerprint density at radius 2 is 2.40 bits per heavy atom. The minimum Gasteiger partial charge on any atom is -0.393 e. The second kappa shape index (κ2) is 5.44. The van der Waals surface area contributed by atoms with Gasteiger partial charge >= 0.3 is 0 Å². The van der Waals surface area contributed by atoms with Crippen molar-refractivity contribution >= 4 is 6.21 Å². The number of aliphatic hydroxyl groups is 1. The van der Waals surface area contributed by atoms with Crippen LogP contribution in [-0.2, 0) is 14.3 Å². The smallest absolute Gasteiger partial charge is 0.163 e. The van der Waals surface area contributed by atoms with Crippen LogP contribution in [-0.4, -0.2) is 42.5 Å². The van der Waals surface area contributed by atoms with Crippen molar-refractivity contribution in [2.45, 2.75) is 45.2 Å². The van der Waals surface area contributed by atoms with E-state index in [0.717, 1.165) is 0 Å². The van der Waals surface area contributed by atoms with Crippen molar-refractivity contribution in [3.05, 3.63) is 0 Å². The standard InChI is InChI=1S/C10H19NO4/c1-8(12)4-5-11-14-7-9-6-13-10(2,3)15-9/h5,8-9,12H,4,6-7H2,1-3H3/b11-5+. The van der Waals surface area contributed by atoms with Crippen LogP contribution in [0.1, 0.15) is 27.2 Å². The van der Waals surface area contributed by atoms with Crippen molar-refractivity contribution in [1.82, 2.24) is 0 Å². The minimum atomic E-state index is -0.517. The Morgan fingerprint density at radius 1 is 1.67 bits per heavy atom. The molecule has 0 aromatic carbocycles. The summed E-state index contributed by atoms with van der Waals surface area (Å²) >= 11 is 0. The van der Waals surface area contributed by atoms with Crippen LogP contribution in [0.25, 0.3) is 0 Å². The monoisotopic (exact) mass is 217 g/mol. The van der Waals surface area contributed by atoms with Crippen LogP contribution in [0.5, 0.6) is 0 Å². The molecule has 0 aliphatic carbocycles. The van der Waals surface area contributed by atoms with Gasteiger partial charge < -0.3 is 19.4 Å². The van der Waals surface area contributed by atoms with Crippen LogP contribution in [0, 0.1) is 0 Å². The zero-order valence-electron chi connectivity index (χ0n) is 9.47. The first kappa shape index (κ1) is 12.4. The Hall–Kier alpha value is -0.650. The van der Waals surface area contributed by atoms with Gasteiger partial charge in [0.1, 0.15) is 12.7 Å². The molecule has 1 fully saturated rings. The predicted molar refractivity (Wildman–Crippen MR) is 55.6 cm³/mol. The third-order valence-corrected chi connectivity index (χ3v) is 1.92. The maximum absolute atomic E-state index is 8.94. The summed E-state index contributed by atoms with van der Waals surface area (Å²) < 4.78 is 10.9.